The van der Waals surface area contributed by atoms with Crippen LogP contribution in [0.4, 0.5) is 0 Å². The average Bonchev–Trinajstić information content (AvgIpc) is 2.86. The lowest BCUT2D eigenvalue weighted by molar-refractivity contribution is 0.0737. The van der Waals surface area contributed by atoms with Gasteiger partial charge in [-0.3, -0.25) is 4.79 Å². The number of phenols is 1. The Kier molecular flexibility index (Phi) is 4.69. The zero-order valence-electron chi connectivity index (χ0n) is 11.3. The van der Waals surface area contributed by atoms with Gasteiger partial charge in [0.1, 0.15) is 11.4 Å². The van der Waals surface area contributed by atoms with Crippen molar-refractivity contribution in [1.29, 1.82) is 0 Å². The molecule has 1 heterocycles. The summed E-state index contributed by atoms with van der Waals surface area (Å²) >= 11 is 5.83. The highest BCUT2D eigenvalue weighted by Gasteiger charge is 2.18. The monoisotopic (exact) mass is 292 g/mol. The molecule has 2 rings (SSSR count). The predicted octanol–water partition coefficient (Wildman–Crippen LogP) is 3.43. The lowest BCUT2D eigenvalue weighted by Gasteiger charge is -2.22. The van der Waals surface area contributed by atoms with Crippen molar-refractivity contribution in [3.05, 3.63) is 52.8 Å². The van der Waals surface area contributed by atoms with Gasteiger partial charge in [-0.2, -0.15) is 0 Å². The van der Waals surface area contributed by atoms with Crippen LogP contribution in [0.1, 0.15) is 29.4 Å². The van der Waals surface area contributed by atoms with Gasteiger partial charge in [0.25, 0.3) is 5.91 Å². The van der Waals surface area contributed by atoms with E-state index in [0.717, 1.165) is 12.0 Å². The van der Waals surface area contributed by atoms with Gasteiger partial charge < -0.3 is 15.0 Å². The number of hydrogen-bond acceptors (Lipinski definition) is 2. The molecule has 2 aromatic rings. The smallest absolute Gasteiger partial charge is 0.270 e. The normalized spacial score (nSPS) is 10.5. The first-order chi connectivity index (χ1) is 9.61. The number of nitrogens with one attached hydrogen (secondary N) is 1. The van der Waals surface area contributed by atoms with Crippen LogP contribution >= 0.6 is 11.6 Å². The Morgan fingerprint density at radius 2 is 2.15 bits per heavy atom. The number of aromatic hydroxyl groups is 1. The zero-order chi connectivity index (χ0) is 14.5. The molecule has 1 amide bonds. The number of carbonyl (C=O) groups excluding carboxylic acids is 1. The molecule has 1 aromatic heterocycles. The minimum atomic E-state index is -0.123. The summed E-state index contributed by atoms with van der Waals surface area (Å²) in [7, 11) is 0. The molecular formula is C15H17ClN2O2. The van der Waals surface area contributed by atoms with Crippen molar-refractivity contribution in [2.24, 2.45) is 0 Å². The van der Waals surface area contributed by atoms with E-state index in [1.54, 1.807) is 29.3 Å². The Morgan fingerprint density at radius 3 is 2.75 bits per heavy atom. The maximum absolute atomic E-state index is 12.4. The molecule has 4 nitrogen and oxygen atoms in total. The molecular weight excluding hydrogens is 276 g/mol. The fraction of sp³-hybridized carbons (Fsp3) is 0.267. The van der Waals surface area contributed by atoms with Gasteiger partial charge in [-0.05, 0) is 18.6 Å². The fourth-order valence-electron chi connectivity index (χ4n) is 2.03. The molecule has 0 bridgehead atoms. The number of benzene rings is 1. The largest absolute Gasteiger partial charge is 0.508 e. The highest BCUT2D eigenvalue weighted by atomic mass is 35.5. The summed E-state index contributed by atoms with van der Waals surface area (Å²) in [6.07, 6.45) is 2.42. The van der Waals surface area contributed by atoms with Crippen LogP contribution in [0, 0.1) is 0 Å². The van der Waals surface area contributed by atoms with Crippen LogP contribution < -0.4 is 0 Å². The van der Waals surface area contributed by atoms with Crippen LogP contribution in [0.15, 0.2) is 36.5 Å². The van der Waals surface area contributed by atoms with Crippen molar-refractivity contribution in [2.75, 3.05) is 6.54 Å². The Balaban J connectivity index is 2.19. The highest BCUT2D eigenvalue weighted by Crippen LogP contribution is 2.19. The van der Waals surface area contributed by atoms with Gasteiger partial charge in [0, 0.05) is 24.8 Å². The Morgan fingerprint density at radius 1 is 1.40 bits per heavy atom. The summed E-state index contributed by atoms with van der Waals surface area (Å²) in [6.45, 7) is 2.99. The van der Waals surface area contributed by atoms with Crippen LogP contribution in [0.3, 0.4) is 0 Å². The quantitative estimate of drug-likeness (QED) is 0.887. The number of amides is 1. The number of nitrogens with zero attached hydrogens (tertiary/aromatic N) is 1. The number of aromatic nitrogens is 1. The summed E-state index contributed by atoms with van der Waals surface area (Å²) in [4.78, 5) is 17.0. The van der Waals surface area contributed by atoms with Crippen LogP contribution in [-0.2, 0) is 6.54 Å². The van der Waals surface area contributed by atoms with Crippen LogP contribution in [0.25, 0.3) is 0 Å². The first-order valence-corrected chi connectivity index (χ1v) is 6.89. The second-order valence-corrected chi connectivity index (χ2v) is 5.02. The van der Waals surface area contributed by atoms with Gasteiger partial charge in [0.2, 0.25) is 0 Å². The third kappa shape index (κ3) is 3.33. The van der Waals surface area contributed by atoms with Crippen molar-refractivity contribution in [1.82, 2.24) is 9.88 Å². The Hall–Kier alpha value is -1.94. The number of phenolic OH excluding ortho intramolecular Hbond substituents is 1. The molecule has 0 aliphatic heterocycles. The van der Waals surface area contributed by atoms with E-state index in [1.165, 1.54) is 0 Å². The molecule has 0 aliphatic carbocycles. The van der Waals surface area contributed by atoms with Crippen molar-refractivity contribution in [2.45, 2.75) is 19.9 Å². The van der Waals surface area contributed by atoms with Crippen molar-refractivity contribution >= 4 is 17.5 Å². The summed E-state index contributed by atoms with van der Waals surface area (Å²) in [5.41, 5.74) is 1.19. The second-order valence-electron chi connectivity index (χ2n) is 4.59. The van der Waals surface area contributed by atoms with Crippen LogP contribution in [0.2, 0.25) is 5.02 Å². The number of H-pyrrole nitrogens is 1. The molecule has 5 heteroatoms. The molecule has 0 unspecified atom stereocenters. The number of halogens is 1. The van der Waals surface area contributed by atoms with Gasteiger partial charge in [0.15, 0.2) is 0 Å². The van der Waals surface area contributed by atoms with E-state index in [9.17, 15) is 9.90 Å². The van der Waals surface area contributed by atoms with Gasteiger partial charge in [-0.25, -0.2) is 0 Å². The molecule has 20 heavy (non-hydrogen) atoms. The number of hydrogen-bond donors (Lipinski definition) is 2. The maximum Gasteiger partial charge on any atom is 0.270 e. The topological polar surface area (TPSA) is 56.3 Å². The minimum Gasteiger partial charge on any atom is -0.508 e. The van der Waals surface area contributed by atoms with Gasteiger partial charge in [-0.1, -0.05) is 36.7 Å². The molecule has 0 radical (unpaired) electrons. The minimum absolute atomic E-state index is 0.123. The highest BCUT2D eigenvalue weighted by molar-refractivity contribution is 6.30. The molecule has 106 valence electrons. The molecule has 0 atom stereocenters. The first kappa shape index (κ1) is 14.5. The van der Waals surface area contributed by atoms with Gasteiger partial charge >= 0.3 is 0 Å². The van der Waals surface area contributed by atoms with E-state index < -0.39 is 0 Å². The van der Waals surface area contributed by atoms with Crippen LogP contribution in [-0.4, -0.2) is 27.4 Å². The van der Waals surface area contributed by atoms with Crippen molar-refractivity contribution in [3.63, 3.8) is 0 Å². The standard InChI is InChI=1S/C15H17ClN2O2/c1-2-7-18(10-11-5-3-4-6-14(11)19)15(20)13-8-12(16)9-17-13/h3-6,8-9,17,19H,2,7,10H2,1H3. The van der Waals surface area contributed by atoms with Crippen LogP contribution in [0.5, 0.6) is 5.75 Å². The van der Waals surface area contributed by atoms with E-state index >= 15 is 0 Å². The number of rotatable bonds is 5. The molecule has 0 saturated heterocycles. The second kappa shape index (κ2) is 6.48. The molecule has 0 spiro atoms. The lowest BCUT2D eigenvalue weighted by atomic mass is 10.1. The Bertz CT molecular complexity index is 595. The summed E-state index contributed by atoms with van der Waals surface area (Å²) in [6, 6.07) is 8.64. The van der Waals surface area contributed by atoms with Crippen molar-refractivity contribution in [3.8, 4) is 5.75 Å². The number of aromatic amines is 1. The molecule has 2 N–H and O–H groups in total. The lowest BCUT2D eigenvalue weighted by Crippen LogP contribution is -2.31. The van der Waals surface area contributed by atoms with E-state index in [2.05, 4.69) is 4.98 Å². The van der Waals surface area contributed by atoms with Gasteiger partial charge in [-0.15, -0.1) is 0 Å². The molecule has 0 fully saturated rings. The maximum atomic E-state index is 12.4. The third-order valence-corrected chi connectivity index (χ3v) is 3.23. The van der Waals surface area contributed by atoms with E-state index in [1.807, 2.05) is 19.1 Å². The molecule has 0 aliphatic rings. The van der Waals surface area contributed by atoms with E-state index in [0.29, 0.717) is 23.8 Å². The number of carbonyl (C=O) groups is 1. The number of para-hydroxylation sites is 1. The third-order valence-electron chi connectivity index (χ3n) is 3.01. The zero-order valence-corrected chi connectivity index (χ0v) is 12.0. The summed E-state index contributed by atoms with van der Waals surface area (Å²) in [5.74, 6) is 0.0768. The van der Waals surface area contributed by atoms with Crippen molar-refractivity contribution < 1.29 is 9.90 Å². The molecule has 1 aromatic carbocycles. The van der Waals surface area contributed by atoms with E-state index in [4.69, 9.17) is 11.6 Å². The SMILES string of the molecule is CCCN(Cc1ccccc1O)C(=O)c1cc(Cl)c[nH]1. The fourth-order valence-corrected chi connectivity index (χ4v) is 2.20. The summed E-state index contributed by atoms with van der Waals surface area (Å²) < 4.78 is 0. The Labute approximate surface area is 123 Å². The first-order valence-electron chi connectivity index (χ1n) is 6.52. The van der Waals surface area contributed by atoms with Gasteiger partial charge in [0.05, 0.1) is 5.02 Å². The molecule has 0 saturated carbocycles. The van der Waals surface area contributed by atoms with E-state index in [-0.39, 0.29) is 11.7 Å². The predicted molar refractivity (Wildman–Crippen MR) is 78.9 cm³/mol. The average molecular weight is 293 g/mol. The summed E-state index contributed by atoms with van der Waals surface area (Å²) in [5, 5.41) is 10.3.